The molecule has 5 nitrogen and oxygen atoms in total. The van der Waals surface area contributed by atoms with Crippen molar-refractivity contribution in [2.45, 2.75) is 25.9 Å². The van der Waals surface area contributed by atoms with E-state index in [1.165, 1.54) is 11.8 Å². The Morgan fingerprint density at radius 3 is 2.59 bits per heavy atom. The first kappa shape index (κ1) is 17.4. The minimum Gasteiger partial charge on any atom is -0.297 e. The minimum atomic E-state index is -3.09. The summed E-state index contributed by atoms with van der Waals surface area (Å²) in [5.74, 6) is 0. The average Bonchev–Trinajstić information content (AvgIpc) is 2.48. The highest BCUT2D eigenvalue weighted by Gasteiger charge is 2.25. The molecule has 6 heteroatoms. The van der Waals surface area contributed by atoms with Crippen LogP contribution in [-0.4, -0.2) is 63.2 Å². The Morgan fingerprint density at radius 2 is 1.95 bits per heavy atom. The molecular formula is C16H27N3O2S. The van der Waals surface area contributed by atoms with E-state index in [-0.39, 0.29) is 0 Å². The zero-order valence-corrected chi connectivity index (χ0v) is 14.3. The van der Waals surface area contributed by atoms with Crippen LogP contribution in [0.15, 0.2) is 30.3 Å². The van der Waals surface area contributed by atoms with E-state index >= 15 is 0 Å². The summed E-state index contributed by atoms with van der Waals surface area (Å²) in [6.45, 7) is 7.55. The Labute approximate surface area is 134 Å². The predicted octanol–water partition coefficient (Wildman–Crippen LogP) is 1.13. The molecular weight excluding hydrogens is 298 g/mol. The zero-order chi connectivity index (χ0) is 16.0. The van der Waals surface area contributed by atoms with E-state index in [1.54, 1.807) is 0 Å². The molecule has 0 amide bonds. The van der Waals surface area contributed by atoms with Crippen molar-refractivity contribution in [3.8, 4) is 0 Å². The van der Waals surface area contributed by atoms with Crippen molar-refractivity contribution in [2.75, 3.05) is 39.0 Å². The van der Waals surface area contributed by atoms with E-state index in [2.05, 4.69) is 45.7 Å². The first-order valence-corrected chi connectivity index (χ1v) is 9.82. The second kappa shape index (κ2) is 8.06. The van der Waals surface area contributed by atoms with Gasteiger partial charge in [0.1, 0.15) is 0 Å². The quantitative estimate of drug-likeness (QED) is 0.817. The Bertz CT molecular complexity index is 548. The third-order valence-electron chi connectivity index (χ3n) is 4.17. The second-order valence-electron chi connectivity index (χ2n) is 5.99. The van der Waals surface area contributed by atoms with Crippen molar-refractivity contribution in [1.82, 2.24) is 14.5 Å². The first-order chi connectivity index (χ1) is 10.5. The molecule has 0 aliphatic carbocycles. The number of nitrogens with one attached hydrogen (secondary N) is 1. The van der Waals surface area contributed by atoms with Crippen molar-refractivity contribution in [3.63, 3.8) is 0 Å². The minimum absolute atomic E-state index is 0.494. The van der Waals surface area contributed by atoms with Crippen LogP contribution in [0.4, 0.5) is 0 Å². The van der Waals surface area contributed by atoms with Crippen LogP contribution in [0.3, 0.4) is 0 Å². The SMILES string of the molecule is CC[C@H]1CN(Cc2ccccc2)CCN1CCNS(C)(=O)=O. The molecule has 1 aliphatic rings. The van der Waals surface area contributed by atoms with Crippen molar-refractivity contribution >= 4 is 10.0 Å². The van der Waals surface area contributed by atoms with Crippen molar-refractivity contribution in [3.05, 3.63) is 35.9 Å². The lowest BCUT2D eigenvalue weighted by atomic mass is 10.1. The van der Waals surface area contributed by atoms with Crippen LogP contribution in [0.5, 0.6) is 0 Å². The lowest BCUT2D eigenvalue weighted by molar-refractivity contribution is 0.0695. The van der Waals surface area contributed by atoms with Gasteiger partial charge in [-0.3, -0.25) is 9.80 Å². The fourth-order valence-electron chi connectivity index (χ4n) is 3.00. The van der Waals surface area contributed by atoms with Gasteiger partial charge in [-0.25, -0.2) is 13.1 Å². The first-order valence-electron chi connectivity index (χ1n) is 7.93. The van der Waals surface area contributed by atoms with Gasteiger partial charge in [-0.1, -0.05) is 37.3 Å². The number of hydrogen-bond acceptors (Lipinski definition) is 4. The summed E-state index contributed by atoms with van der Waals surface area (Å²) in [6.07, 6.45) is 2.30. The predicted molar refractivity (Wildman–Crippen MR) is 90.2 cm³/mol. The average molecular weight is 325 g/mol. The van der Waals surface area contributed by atoms with Gasteiger partial charge < -0.3 is 0 Å². The number of piperazine rings is 1. The maximum atomic E-state index is 11.1. The van der Waals surface area contributed by atoms with Crippen LogP contribution in [0.2, 0.25) is 0 Å². The summed E-state index contributed by atoms with van der Waals surface area (Å²) in [7, 11) is -3.09. The maximum absolute atomic E-state index is 11.1. The molecule has 0 bridgehead atoms. The molecule has 1 aromatic rings. The van der Waals surface area contributed by atoms with E-state index in [1.807, 2.05) is 6.07 Å². The molecule has 0 spiro atoms. The molecule has 0 unspecified atom stereocenters. The van der Waals surface area contributed by atoms with Crippen LogP contribution in [0.1, 0.15) is 18.9 Å². The molecule has 0 saturated carbocycles. The monoisotopic (exact) mass is 325 g/mol. The summed E-state index contributed by atoms with van der Waals surface area (Å²) in [4.78, 5) is 4.89. The molecule has 1 atom stereocenters. The summed E-state index contributed by atoms with van der Waals surface area (Å²) in [5.41, 5.74) is 1.35. The molecule has 1 fully saturated rings. The highest BCUT2D eigenvalue weighted by molar-refractivity contribution is 7.88. The lowest BCUT2D eigenvalue weighted by Gasteiger charge is -2.41. The molecule has 1 heterocycles. The third-order valence-corrected chi connectivity index (χ3v) is 4.90. The van der Waals surface area contributed by atoms with E-state index in [4.69, 9.17) is 0 Å². The molecule has 2 rings (SSSR count). The van der Waals surface area contributed by atoms with Crippen LogP contribution in [-0.2, 0) is 16.6 Å². The Kier molecular flexibility index (Phi) is 6.37. The van der Waals surface area contributed by atoms with Crippen LogP contribution in [0, 0.1) is 0 Å². The third kappa shape index (κ3) is 5.68. The van der Waals surface area contributed by atoms with Gasteiger partial charge in [-0.05, 0) is 12.0 Å². The molecule has 124 valence electrons. The number of rotatable bonds is 7. The van der Waals surface area contributed by atoms with Gasteiger partial charge >= 0.3 is 0 Å². The maximum Gasteiger partial charge on any atom is 0.208 e. The zero-order valence-electron chi connectivity index (χ0n) is 13.5. The highest BCUT2D eigenvalue weighted by Crippen LogP contribution is 2.15. The van der Waals surface area contributed by atoms with Crippen LogP contribution in [0.25, 0.3) is 0 Å². The summed E-state index contributed by atoms with van der Waals surface area (Å²) < 4.78 is 24.9. The second-order valence-corrected chi connectivity index (χ2v) is 7.82. The van der Waals surface area contributed by atoms with Gasteiger partial charge in [0.25, 0.3) is 0 Å². The number of nitrogens with zero attached hydrogens (tertiary/aromatic N) is 2. The van der Waals surface area contributed by atoms with Crippen molar-refractivity contribution in [2.24, 2.45) is 0 Å². The fraction of sp³-hybridized carbons (Fsp3) is 0.625. The van der Waals surface area contributed by atoms with Gasteiger partial charge in [0.15, 0.2) is 0 Å². The lowest BCUT2D eigenvalue weighted by Crippen LogP contribution is -2.54. The van der Waals surface area contributed by atoms with E-state index < -0.39 is 10.0 Å². The summed E-state index contributed by atoms with van der Waals surface area (Å²) in [6, 6.07) is 11.1. The van der Waals surface area contributed by atoms with Gasteiger partial charge in [0.2, 0.25) is 10.0 Å². The molecule has 1 N–H and O–H groups in total. The number of sulfonamides is 1. The number of hydrogen-bond donors (Lipinski definition) is 1. The normalized spacial score (nSPS) is 21.1. The van der Waals surface area contributed by atoms with Gasteiger partial charge in [0.05, 0.1) is 6.26 Å². The number of benzene rings is 1. The van der Waals surface area contributed by atoms with Crippen molar-refractivity contribution in [1.29, 1.82) is 0 Å². The van der Waals surface area contributed by atoms with E-state index in [0.29, 0.717) is 12.6 Å². The van der Waals surface area contributed by atoms with Gasteiger partial charge in [-0.15, -0.1) is 0 Å². The van der Waals surface area contributed by atoms with Gasteiger partial charge in [0, 0.05) is 45.3 Å². The highest BCUT2D eigenvalue weighted by atomic mass is 32.2. The molecule has 1 saturated heterocycles. The largest absolute Gasteiger partial charge is 0.297 e. The molecule has 0 aromatic heterocycles. The Morgan fingerprint density at radius 1 is 1.23 bits per heavy atom. The fourth-order valence-corrected chi connectivity index (χ4v) is 3.46. The molecule has 22 heavy (non-hydrogen) atoms. The Balaban J connectivity index is 1.83. The molecule has 1 aliphatic heterocycles. The molecule has 1 aromatic carbocycles. The Hall–Kier alpha value is -0.950. The van der Waals surface area contributed by atoms with E-state index in [9.17, 15) is 8.42 Å². The van der Waals surface area contributed by atoms with E-state index in [0.717, 1.165) is 39.1 Å². The summed E-state index contributed by atoms with van der Waals surface area (Å²) >= 11 is 0. The smallest absolute Gasteiger partial charge is 0.208 e. The topological polar surface area (TPSA) is 52.6 Å². The van der Waals surface area contributed by atoms with Crippen LogP contribution < -0.4 is 4.72 Å². The van der Waals surface area contributed by atoms with Crippen LogP contribution >= 0.6 is 0 Å². The van der Waals surface area contributed by atoms with Gasteiger partial charge in [-0.2, -0.15) is 0 Å². The van der Waals surface area contributed by atoms with Crippen molar-refractivity contribution < 1.29 is 8.42 Å². The standard InChI is InChI=1S/C16H27N3O2S/c1-3-16-14-18(13-15-7-5-4-6-8-15)11-12-19(16)10-9-17-22(2,20)21/h4-8,16-17H,3,9-14H2,1-2H3/t16-/m0/s1. The summed E-state index contributed by atoms with van der Waals surface area (Å²) in [5, 5.41) is 0. The molecule has 0 radical (unpaired) electrons.